The van der Waals surface area contributed by atoms with Crippen LogP contribution in [0.25, 0.3) is 0 Å². The summed E-state index contributed by atoms with van der Waals surface area (Å²) in [5.74, 6) is 0. The highest BCUT2D eigenvalue weighted by molar-refractivity contribution is 9.82. The van der Waals surface area contributed by atoms with Gasteiger partial charge in [-0.1, -0.05) is 0 Å². The van der Waals surface area contributed by atoms with Gasteiger partial charge in [0.15, 0.2) is 0 Å². The molecule has 0 aromatic carbocycles. The molecule has 0 atom stereocenters. The zero-order valence-corrected chi connectivity index (χ0v) is 5.56. The van der Waals surface area contributed by atoms with Crippen LogP contribution in [0, 0.1) is 0 Å². The van der Waals surface area contributed by atoms with Crippen molar-refractivity contribution in [2.75, 3.05) is 0 Å². The molecule has 0 amide bonds. The quantitative estimate of drug-likeness (QED) is 0.594. The zero-order valence-electron chi connectivity index (χ0n) is 1.57. The maximum atomic E-state index is 2.98. The molecule has 0 heterocycles. The van der Waals surface area contributed by atoms with Crippen LogP contribution in [-0.2, 0) is 0 Å². The van der Waals surface area contributed by atoms with Crippen molar-refractivity contribution in [1.29, 1.82) is 0 Å². The molecule has 0 aliphatic carbocycles. The third-order valence-corrected chi connectivity index (χ3v) is 0. The van der Waals surface area contributed by atoms with Gasteiger partial charge in [-0.2, -0.15) is 0 Å². The second-order valence-corrected chi connectivity index (χ2v) is 4.72. The van der Waals surface area contributed by atoms with E-state index in [2.05, 4.69) is 29.6 Å². The molecule has 0 unspecified atom stereocenters. The second-order valence-electron chi connectivity index (χ2n) is 0.0583. The predicted octanol–water partition coefficient (Wildman–Crippen LogP) is 2.49. The minimum absolute atomic E-state index is 0. The van der Waals surface area contributed by atoms with E-state index in [1.165, 1.54) is 8.63 Å². The lowest BCUT2D eigenvalue weighted by molar-refractivity contribution is 1.11. The van der Waals surface area contributed by atoms with Gasteiger partial charge in [-0.25, -0.2) is 0 Å². The third-order valence-electron chi connectivity index (χ3n) is 0. The lowest BCUT2D eigenvalue weighted by atomic mass is 19.0. The highest BCUT2D eigenvalue weighted by atomic mass is 79.9. The molecule has 0 aliphatic rings. The van der Waals surface area contributed by atoms with E-state index in [4.69, 9.17) is 0 Å². The first-order valence-electron chi connectivity index (χ1n) is 0.309. The first kappa shape index (κ1) is 8.97. The molecular weight excluding hydrogens is 211 g/mol. The van der Waals surface area contributed by atoms with Crippen LogP contribution in [-0.4, -0.2) is 0 Å². The van der Waals surface area contributed by atoms with Crippen LogP contribution in [0.1, 0.15) is 0 Å². The molecule has 0 aliphatic heterocycles. The highest BCUT2D eigenvalue weighted by Gasteiger charge is 1.41. The number of hydrogen-bond donors (Lipinski definition) is 0. The Kier molecular flexibility index (Phi) is 19.9. The number of halogens is 3. The summed E-state index contributed by atoms with van der Waals surface area (Å²) >= 11 is 5.96. The third kappa shape index (κ3) is 10.6. The summed E-state index contributed by atoms with van der Waals surface area (Å²) in [7, 11) is 1.38. The Morgan fingerprint density at radius 1 is 1.25 bits per heavy atom. The van der Waals surface area contributed by atoms with E-state index in [-0.39, 0.29) is 4.70 Å². The summed E-state index contributed by atoms with van der Waals surface area (Å²) in [6.07, 6.45) is 0. The van der Waals surface area contributed by atoms with Crippen LogP contribution < -0.4 is 0 Å². The predicted molar refractivity (Wildman–Crippen MR) is 27.9 cm³/mol. The molecule has 0 aromatic rings. The van der Waals surface area contributed by atoms with Crippen LogP contribution in [0.15, 0.2) is 0 Å². The van der Waals surface area contributed by atoms with Crippen LogP contribution >= 0.6 is 38.3 Å². The van der Waals surface area contributed by atoms with Crippen molar-refractivity contribution in [3.8, 4) is 0 Å². The normalized spacial score (nSPS) is 4.50. The van der Waals surface area contributed by atoms with E-state index in [9.17, 15) is 0 Å². The lowest BCUT2D eigenvalue weighted by Crippen LogP contribution is -0.670. The minimum atomic E-state index is 0. The summed E-state index contributed by atoms with van der Waals surface area (Å²) in [6, 6.07) is 0. The molecule has 0 spiro atoms. The summed E-state index contributed by atoms with van der Waals surface area (Å²) in [5, 5.41) is 0. The molecule has 0 radical (unpaired) electrons. The first-order valence-corrected chi connectivity index (χ1v) is 4.81. The molecule has 0 saturated heterocycles. The van der Waals surface area contributed by atoms with Crippen molar-refractivity contribution in [2.24, 2.45) is 0 Å². The van der Waals surface area contributed by atoms with E-state index in [0.29, 0.717) is 0 Å². The lowest BCUT2D eigenvalue weighted by Gasteiger charge is -1.41. The van der Waals surface area contributed by atoms with Crippen molar-refractivity contribution in [1.82, 2.24) is 0 Å². The number of rotatable bonds is 0. The van der Waals surface area contributed by atoms with Crippen molar-refractivity contribution in [3.63, 3.8) is 0 Å². The molecule has 28 valence electrons. The van der Waals surface area contributed by atoms with Crippen LogP contribution in [0.2, 0.25) is 0 Å². The van der Waals surface area contributed by atoms with Gasteiger partial charge in [0, 0.05) is 29.6 Å². The average Bonchev–Trinajstić information content (AvgIpc) is 0.918. The van der Waals surface area contributed by atoms with Crippen molar-refractivity contribution >= 4 is 38.3 Å². The molecule has 0 fully saturated rings. The SMILES string of the molecule is BrSBr.F. The minimum Gasteiger partial charge on any atom is -0.269 e. The van der Waals surface area contributed by atoms with Gasteiger partial charge in [0.2, 0.25) is 0 Å². The van der Waals surface area contributed by atoms with Gasteiger partial charge in [-0.3, -0.25) is 4.70 Å². The smallest absolute Gasteiger partial charge is 0.00191 e. The summed E-state index contributed by atoms with van der Waals surface area (Å²) < 4.78 is 0. The summed E-state index contributed by atoms with van der Waals surface area (Å²) in [4.78, 5) is 0. The molecule has 4 heavy (non-hydrogen) atoms. The van der Waals surface area contributed by atoms with Gasteiger partial charge in [-0.15, -0.1) is 0 Å². The molecule has 0 bridgehead atoms. The fourth-order valence-electron chi connectivity index (χ4n) is 0. The standard InChI is InChI=1S/Br2S.FH/c1-3-2;/h;1H. The van der Waals surface area contributed by atoms with Gasteiger partial charge >= 0.3 is 0 Å². The van der Waals surface area contributed by atoms with E-state index in [0.717, 1.165) is 0 Å². The Bertz CT molecular complexity index is 6.00. The van der Waals surface area contributed by atoms with E-state index >= 15 is 0 Å². The zero-order chi connectivity index (χ0) is 2.71. The van der Waals surface area contributed by atoms with Crippen molar-refractivity contribution < 1.29 is 4.70 Å². The molecule has 0 nitrogen and oxygen atoms in total. The Morgan fingerprint density at radius 3 is 1.25 bits per heavy atom. The topological polar surface area (TPSA) is 0 Å². The molecule has 0 aromatic heterocycles. The van der Waals surface area contributed by atoms with Gasteiger partial charge in [-0.05, 0) is 8.63 Å². The molecule has 0 saturated carbocycles. The largest absolute Gasteiger partial charge is 0.269 e. The van der Waals surface area contributed by atoms with Crippen molar-refractivity contribution in [2.45, 2.75) is 0 Å². The fourth-order valence-corrected chi connectivity index (χ4v) is 0. The molecule has 0 N–H and O–H groups in total. The highest BCUT2D eigenvalue weighted by Crippen LogP contribution is 2.17. The number of hydrogen-bond acceptors (Lipinski definition) is 1. The Labute approximate surface area is 43.1 Å². The summed E-state index contributed by atoms with van der Waals surface area (Å²) in [6.45, 7) is 0. The second kappa shape index (κ2) is 8.87. The van der Waals surface area contributed by atoms with Crippen LogP contribution in [0.5, 0.6) is 0 Å². The van der Waals surface area contributed by atoms with Gasteiger partial charge in [0.25, 0.3) is 0 Å². The van der Waals surface area contributed by atoms with Gasteiger partial charge in [0.1, 0.15) is 0 Å². The molecular formula is HBr2FS. The monoisotopic (exact) mass is 210 g/mol. The van der Waals surface area contributed by atoms with E-state index in [1.807, 2.05) is 0 Å². The Balaban J connectivity index is 0. The Hall–Kier alpha value is 1.24. The maximum Gasteiger partial charge on any atom is 0.00191 e. The van der Waals surface area contributed by atoms with Crippen LogP contribution in [0.3, 0.4) is 0 Å². The first-order chi connectivity index (χ1) is 1.41. The van der Waals surface area contributed by atoms with E-state index in [1.54, 1.807) is 0 Å². The van der Waals surface area contributed by atoms with E-state index < -0.39 is 0 Å². The summed E-state index contributed by atoms with van der Waals surface area (Å²) in [5.41, 5.74) is 0. The van der Waals surface area contributed by atoms with Crippen molar-refractivity contribution in [3.05, 3.63) is 0 Å². The molecule has 4 heteroatoms. The van der Waals surface area contributed by atoms with Gasteiger partial charge in [0.05, 0.1) is 0 Å². The fraction of sp³-hybridized carbons (Fsp3) is 0. The Morgan fingerprint density at radius 2 is 1.25 bits per heavy atom. The maximum absolute atomic E-state index is 2.98. The van der Waals surface area contributed by atoms with Crippen LogP contribution in [0.4, 0.5) is 4.70 Å². The van der Waals surface area contributed by atoms with Gasteiger partial charge < -0.3 is 0 Å². The molecule has 0 rings (SSSR count). The average molecular weight is 212 g/mol.